The summed E-state index contributed by atoms with van der Waals surface area (Å²) in [6.45, 7) is 0. The highest BCUT2D eigenvalue weighted by Gasteiger charge is 1.91. The average Bonchev–Trinajstić information content (AvgIpc) is 2.30. The second kappa shape index (κ2) is 4.57. The third-order valence-corrected chi connectivity index (χ3v) is 2.13. The normalized spacial score (nSPS) is 10.8. The van der Waals surface area contributed by atoms with Gasteiger partial charge in [-0.3, -0.25) is 4.99 Å². The summed E-state index contributed by atoms with van der Waals surface area (Å²) in [5, 5.41) is 0. The molecule has 2 rings (SSSR count). The molecule has 0 fully saturated rings. The van der Waals surface area contributed by atoms with E-state index in [0.29, 0.717) is 0 Å². The molecule has 0 aliphatic heterocycles. The molecule has 0 heterocycles. The molecule has 0 spiro atoms. The largest absolute Gasteiger partial charge is 0.399 e. The first-order chi connectivity index (χ1) is 7.74. The molecule has 2 aromatic rings. The van der Waals surface area contributed by atoms with Crippen molar-refractivity contribution >= 4 is 17.6 Å². The van der Waals surface area contributed by atoms with Gasteiger partial charge in [0.15, 0.2) is 0 Å². The minimum Gasteiger partial charge on any atom is -0.399 e. The van der Waals surface area contributed by atoms with Crippen LogP contribution in [0.4, 0.5) is 15.8 Å². The van der Waals surface area contributed by atoms with E-state index in [0.717, 1.165) is 16.9 Å². The molecule has 16 heavy (non-hydrogen) atoms. The summed E-state index contributed by atoms with van der Waals surface area (Å²) in [6.07, 6.45) is 1.71. The summed E-state index contributed by atoms with van der Waals surface area (Å²) < 4.78 is 12.6. The molecule has 3 heteroatoms. The molecule has 2 N–H and O–H groups in total. The van der Waals surface area contributed by atoms with Crippen molar-refractivity contribution in [1.29, 1.82) is 0 Å². The summed E-state index contributed by atoms with van der Waals surface area (Å²) in [7, 11) is 0. The summed E-state index contributed by atoms with van der Waals surface area (Å²) in [5.74, 6) is -0.258. The maximum atomic E-state index is 12.6. The molecule has 0 saturated heterocycles. The van der Waals surface area contributed by atoms with Crippen LogP contribution in [0.2, 0.25) is 0 Å². The van der Waals surface area contributed by atoms with Gasteiger partial charge in [0.2, 0.25) is 0 Å². The number of anilines is 1. The fourth-order valence-electron chi connectivity index (χ4n) is 1.26. The lowest BCUT2D eigenvalue weighted by molar-refractivity contribution is 0.628. The van der Waals surface area contributed by atoms with E-state index >= 15 is 0 Å². The molecular formula is C13H11FN2. The van der Waals surface area contributed by atoms with E-state index in [2.05, 4.69) is 4.99 Å². The van der Waals surface area contributed by atoms with Gasteiger partial charge >= 0.3 is 0 Å². The number of halogens is 1. The van der Waals surface area contributed by atoms with Crippen molar-refractivity contribution in [3.05, 3.63) is 59.9 Å². The highest BCUT2D eigenvalue weighted by atomic mass is 19.1. The van der Waals surface area contributed by atoms with Crippen LogP contribution in [0.1, 0.15) is 5.56 Å². The second-order valence-corrected chi connectivity index (χ2v) is 3.40. The van der Waals surface area contributed by atoms with E-state index in [1.165, 1.54) is 12.1 Å². The number of hydrogen-bond acceptors (Lipinski definition) is 2. The van der Waals surface area contributed by atoms with E-state index in [-0.39, 0.29) is 5.82 Å². The second-order valence-electron chi connectivity index (χ2n) is 3.40. The predicted octanol–water partition coefficient (Wildman–Crippen LogP) is 3.16. The molecule has 0 aromatic heterocycles. The molecule has 0 aliphatic carbocycles. The Morgan fingerprint density at radius 2 is 1.56 bits per heavy atom. The van der Waals surface area contributed by atoms with Crippen LogP contribution >= 0.6 is 0 Å². The van der Waals surface area contributed by atoms with E-state index in [9.17, 15) is 4.39 Å². The predicted molar refractivity (Wildman–Crippen MR) is 64.5 cm³/mol. The van der Waals surface area contributed by atoms with Gasteiger partial charge in [0.25, 0.3) is 0 Å². The number of hydrogen-bond donors (Lipinski definition) is 1. The number of benzene rings is 2. The van der Waals surface area contributed by atoms with Gasteiger partial charge < -0.3 is 5.73 Å². The quantitative estimate of drug-likeness (QED) is 0.605. The fraction of sp³-hybridized carbons (Fsp3) is 0. The van der Waals surface area contributed by atoms with Crippen molar-refractivity contribution in [2.24, 2.45) is 4.99 Å². The Labute approximate surface area is 93.3 Å². The van der Waals surface area contributed by atoms with Crippen LogP contribution < -0.4 is 5.73 Å². The lowest BCUT2D eigenvalue weighted by atomic mass is 10.2. The Morgan fingerprint density at radius 3 is 2.19 bits per heavy atom. The van der Waals surface area contributed by atoms with Crippen molar-refractivity contribution in [3.8, 4) is 0 Å². The molecule has 0 unspecified atom stereocenters. The van der Waals surface area contributed by atoms with Crippen LogP contribution in [0, 0.1) is 5.82 Å². The molecule has 80 valence electrons. The van der Waals surface area contributed by atoms with Crippen LogP contribution in [-0.4, -0.2) is 6.21 Å². The van der Waals surface area contributed by atoms with Gasteiger partial charge in [-0.25, -0.2) is 4.39 Å². The fourth-order valence-corrected chi connectivity index (χ4v) is 1.26. The Balaban J connectivity index is 2.15. The Kier molecular flexibility index (Phi) is 2.96. The molecule has 0 atom stereocenters. The van der Waals surface area contributed by atoms with Gasteiger partial charge in [0, 0.05) is 11.9 Å². The maximum absolute atomic E-state index is 12.6. The molecule has 0 radical (unpaired) electrons. The molecule has 0 bridgehead atoms. The number of nitrogens with two attached hydrogens (primary N) is 1. The number of aliphatic imine (C=N–C) groups is 1. The Bertz CT molecular complexity index is 439. The third-order valence-electron chi connectivity index (χ3n) is 2.13. The highest BCUT2D eigenvalue weighted by Crippen LogP contribution is 2.12. The molecule has 2 nitrogen and oxygen atoms in total. The first-order valence-corrected chi connectivity index (χ1v) is 4.89. The maximum Gasteiger partial charge on any atom is 0.123 e. The minimum absolute atomic E-state index is 0.258. The number of nitrogen functional groups attached to an aromatic ring is 1. The van der Waals surface area contributed by atoms with Crippen LogP contribution in [0.3, 0.4) is 0 Å². The Morgan fingerprint density at radius 1 is 0.938 bits per heavy atom. The number of nitrogens with zero attached hydrogens (tertiary/aromatic N) is 1. The van der Waals surface area contributed by atoms with Crippen molar-refractivity contribution < 1.29 is 4.39 Å². The summed E-state index contributed by atoms with van der Waals surface area (Å²) in [6, 6.07) is 13.4. The summed E-state index contributed by atoms with van der Waals surface area (Å²) in [5.41, 5.74) is 7.96. The van der Waals surface area contributed by atoms with Crippen molar-refractivity contribution in [2.75, 3.05) is 5.73 Å². The van der Waals surface area contributed by atoms with Crippen LogP contribution in [0.5, 0.6) is 0 Å². The van der Waals surface area contributed by atoms with Gasteiger partial charge in [-0.1, -0.05) is 12.1 Å². The lowest BCUT2D eigenvalue weighted by Gasteiger charge is -1.95. The first kappa shape index (κ1) is 10.4. The Hall–Kier alpha value is -2.16. The zero-order valence-corrected chi connectivity index (χ0v) is 8.60. The minimum atomic E-state index is -0.258. The molecular weight excluding hydrogens is 203 g/mol. The van der Waals surface area contributed by atoms with E-state index in [1.807, 2.05) is 24.3 Å². The van der Waals surface area contributed by atoms with Crippen molar-refractivity contribution in [3.63, 3.8) is 0 Å². The third kappa shape index (κ3) is 2.67. The van der Waals surface area contributed by atoms with E-state index in [4.69, 9.17) is 5.73 Å². The molecule has 0 amide bonds. The van der Waals surface area contributed by atoms with Gasteiger partial charge in [-0.2, -0.15) is 0 Å². The summed E-state index contributed by atoms with van der Waals surface area (Å²) in [4.78, 5) is 4.21. The van der Waals surface area contributed by atoms with Gasteiger partial charge in [0.1, 0.15) is 5.82 Å². The molecule has 2 aromatic carbocycles. The number of rotatable bonds is 2. The van der Waals surface area contributed by atoms with Crippen molar-refractivity contribution in [1.82, 2.24) is 0 Å². The highest BCUT2D eigenvalue weighted by molar-refractivity contribution is 5.82. The average molecular weight is 214 g/mol. The lowest BCUT2D eigenvalue weighted by Crippen LogP contribution is -1.85. The van der Waals surface area contributed by atoms with E-state index in [1.54, 1.807) is 18.3 Å². The van der Waals surface area contributed by atoms with Gasteiger partial charge in [-0.05, 0) is 42.0 Å². The monoisotopic (exact) mass is 214 g/mol. The molecule has 0 saturated carbocycles. The van der Waals surface area contributed by atoms with E-state index < -0.39 is 0 Å². The van der Waals surface area contributed by atoms with Gasteiger partial charge in [-0.15, -0.1) is 0 Å². The van der Waals surface area contributed by atoms with Gasteiger partial charge in [0.05, 0.1) is 5.69 Å². The first-order valence-electron chi connectivity index (χ1n) is 4.89. The summed E-state index contributed by atoms with van der Waals surface area (Å²) >= 11 is 0. The SMILES string of the molecule is Nc1ccc(/C=N/c2ccc(F)cc2)cc1. The van der Waals surface area contributed by atoms with Crippen LogP contribution in [0.25, 0.3) is 0 Å². The standard InChI is InChI=1S/C13H11FN2/c14-11-3-7-13(8-4-11)16-9-10-1-5-12(15)6-2-10/h1-9H,15H2/b16-9+. The zero-order valence-electron chi connectivity index (χ0n) is 8.60. The zero-order chi connectivity index (χ0) is 11.4. The van der Waals surface area contributed by atoms with Crippen LogP contribution in [0.15, 0.2) is 53.5 Å². The van der Waals surface area contributed by atoms with Crippen molar-refractivity contribution in [2.45, 2.75) is 0 Å². The smallest absolute Gasteiger partial charge is 0.123 e. The molecule has 0 aliphatic rings. The van der Waals surface area contributed by atoms with Crippen LogP contribution in [-0.2, 0) is 0 Å². The topological polar surface area (TPSA) is 38.4 Å².